The van der Waals surface area contributed by atoms with E-state index in [1.807, 2.05) is 12.3 Å². The number of aliphatic hydroxyl groups is 2. The van der Waals surface area contributed by atoms with Crippen molar-refractivity contribution >= 4 is 11.3 Å². The molecule has 0 amide bonds. The number of thiazole rings is 1. The van der Waals surface area contributed by atoms with Gasteiger partial charge in [-0.1, -0.05) is 6.92 Å². The summed E-state index contributed by atoms with van der Waals surface area (Å²) in [7, 11) is 0. The van der Waals surface area contributed by atoms with Crippen molar-refractivity contribution in [3.63, 3.8) is 0 Å². The molecule has 0 aliphatic heterocycles. The van der Waals surface area contributed by atoms with Crippen LogP contribution in [0.25, 0.3) is 0 Å². The van der Waals surface area contributed by atoms with Gasteiger partial charge in [-0.05, 0) is 0 Å². The predicted molar refractivity (Wildman–Crippen MR) is 48.1 cm³/mol. The summed E-state index contributed by atoms with van der Waals surface area (Å²) in [6, 6.07) is 0. The van der Waals surface area contributed by atoms with Gasteiger partial charge in [0.05, 0.1) is 18.2 Å². The molecular formula is C8H13NO2S. The first kappa shape index (κ1) is 9.64. The molecule has 1 aromatic rings. The van der Waals surface area contributed by atoms with E-state index in [9.17, 15) is 0 Å². The monoisotopic (exact) mass is 187 g/mol. The number of hydrogen-bond donors (Lipinski definition) is 2. The summed E-state index contributed by atoms with van der Waals surface area (Å²) in [4.78, 5) is 4.09. The van der Waals surface area contributed by atoms with E-state index < -0.39 is 5.41 Å². The molecule has 1 aromatic heterocycles. The van der Waals surface area contributed by atoms with Crippen LogP contribution in [-0.4, -0.2) is 28.4 Å². The Balaban J connectivity index is 2.60. The van der Waals surface area contributed by atoms with Crippen LogP contribution in [0.3, 0.4) is 0 Å². The lowest BCUT2D eigenvalue weighted by Gasteiger charge is -2.22. The minimum absolute atomic E-state index is 0.0108. The second-order valence-corrected chi connectivity index (χ2v) is 4.21. The van der Waals surface area contributed by atoms with Crippen molar-refractivity contribution in [3.05, 3.63) is 16.6 Å². The van der Waals surface area contributed by atoms with Crippen molar-refractivity contribution < 1.29 is 10.2 Å². The van der Waals surface area contributed by atoms with Crippen LogP contribution in [0.1, 0.15) is 11.9 Å². The third-order valence-electron chi connectivity index (χ3n) is 1.82. The Kier molecular flexibility index (Phi) is 3.20. The van der Waals surface area contributed by atoms with Crippen LogP contribution in [0.5, 0.6) is 0 Å². The second-order valence-electron chi connectivity index (χ2n) is 3.23. The fraction of sp³-hybridized carbons (Fsp3) is 0.625. The molecule has 1 rings (SSSR count). The number of aromatic nitrogens is 1. The highest BCUT2D eigenvalue weighted by Gasteiger charge is 2.23. The number of hydrogen-bond acceptors (Lipinski definition) is 4. The first-order valence-corrected chi connectivity index (χ1v) is 4.68. The van der Waals surface area contributed by atoms with Crippen LogP contribution >= 0.6 is 11.3 Å². The van der Waals surface area contributed by atoms with E-state index in [-0.39, 0.29) is 13.2 Å². The Morgan fingerprint density at radius 2 is 2.17 bits per heavy atom. The van der Waals surface area contributed by atoms with Gasteiger partial charge >= 0.3 is 0 Å². The fourth-order valence-electron chi connectivity index (χ4n) is 0.867. The smallest absolute Gasteiger partial charge is 0.0931 e. The van der Waals surface area contributed by atoms with Gasteiger partial charge in [-0.2, -0.15) is 0 Å². The standard InChI is InChI=1S/C8H13NO2S/c1-8(5-10,6-11)4-7-9-2-3-12-7/h2-3,10-11H,4-6H2,1H3. The maximum atomic E-state index is 9.00. The van der Waals surface area contributed by atoms with Crippen LogP contribution in [0.4, 0.5) is 0 Å². The van der Waals surface area contributed by atoms with E-state index in [2.05, 4.69) is 4.98 Å². The Morgan fingerprint density at radius 3 is 2.58 bits per heavy atom. The first-order chi connectivity index (χ1) is 5.70. The summed E-state index contributed by atoms with van der Waals surface area (Å²) in [5.74, 6) is 0. The van der Waals surface area contributed by atoms with Crippen LogP contribution < -0.4 is 0 Å². The molecule has 68 valence electrons. The first-order valence-electron chi connectivity index (χ1n) is 3.80. The number of nitrogens with zero attached hydrogens (tertiary/aromatic N) is 1. The van der Waals surface area contributed by atoms with E-state index >= 15 is 0 Å². The van der Waals surface area contributed by atoms with Gasteiger partial charge < -0.3 is 10.2 Å². The molecule has 0 bridgehead atoms. The molecular weight excluding hydrogens is 174 g/mol. The molecule has 0 saturated carbocycles. The normalized spacial score (nSPS) is 11.9. The molecule has 4 heteroatoms. The largest absolute Gasteiger partial charge is 0.396 e. The van der Waals surface area contributed by atoms with Crippen molar-refractivity contribution in [1.82, 2.24) is 4.98 Å². The highest BCUT2D eigenvalue weighted by Crippen LogP contribution is 2.22. The highest BCUT2D eigenvalue weighted by molar-refractivity contribution is 7.09. The molecule has 2 N–H and O–H groups in total. The molecule has 0 aromatic carbocycles. The summed E-state index contributed by atoms with van der Waals surface area (Å²) < 4.78 is 0. The topological polar surface area (TPSA) is 53.4 Å². The molecule has 0 aliphatic rings. The lowest BCUT2D eigenvalue weighted by Crippen LogP contribution is -2.28. The number of aliphatic hydroxyl groups excluding tert-OH is 2. The highest BCUT2D eigenvalue weighted by atomic mass is 32.1. The Labute approximate surface area is 75.7 Å². The van der Waals surface area contributed by atoms with E-state index in [0.29, 0.717) is 6.42 Å². The van der Waals surface area contributed by atoms with E-state index in [1.165, 1.54) is 0 Å². The fourth-order valence-corrected chi connectivity index (χ4v) is 1.70. The van der Waals surface area contributed by atoms with Gasteiger partial charge in [0.15, 0.2) is 0 Å². The number of rotatable bonds is 4. The average Bonchev–Trinajstić information content (AvgIpc) is 2.57. The minimum atomic E-state index is -0.433. The zero-order valence-corrected chi connectivity index (χ0v) is 7.84. The zero-order chi connectivity index (χ0) is 9.03. The van der Waals surface area contributed by atoms with Gasteiger partial charge in [-0.15, -0.1) is 11.3 Å². The molecule has 0 atom stereocenters. The van der Waals surface area contributed by atoms with Crippen molar-refractivity contribution in [2.75, 3.05) is 13.2 Å². The molecule has 0 aliphatic carbocycles. The lowest BCUT2D eigenvalue weighted by atomic mass is 9.89. The summed E-state index contributed by atoms with van der Waals surface area (Å²) in [5, 5.41) is 20.9. The van der Waals surface area contributed by atoms with Crippen LogP contribution in [-0.2, 0) is 6.42 Å². The summed E-state index contributed by atoms with van der Waals surface area (Å²) >= 11 is 1.55. The van der Waals surface area contributed by atoms with E-state index in [4.69, 9.17) is 10.2 Å². The molecule has 12 heavy (non-hydrogen) atoms. The van der Waals surface area contributed by atoms with Gasteiger partial charge in [0.1, 0.15) is 0 Å². The Hall–Kier alpha value is -0.450. The van der Waals surface area contributed by atoms with Gasteiger partial charge in [0.2, 0.25) is 0 Å². The second kappa shape index (κ2) is 3.98. The molecule has 0 radical (unpaired) electrons. The van der Waals surface area contributed by atoms with E-state index in [1.54, 1.807) is 17.5 Å². The molecule has 0 unspecified atom stereocenters. The quantitative estimate of drug-likeness (QED) is 0.728. The van der Waals surface area contributed by atoms with E-state index in [0.717, 1.165) is 5.01 Å². The molecule has 0 fully saturated rings. The van der Waals surface area contributed by atoms with Gasteiger partial charge in [-0.3, -0.25) is 0 Å². The Bertz CT molecular complexity index is 219. The summed E-state index contributed by atoms with van der Waals surface area (Å²) in [6.07, 6.45) is 2.37. The average molecular weight is 187 g/mol. The summed E-state index contributed by atoms with van der Waals surface area (Å²) in [6.45, 7) is 1.82. The molecule has 1 heterocycles. The SMILES string of the molecule is CC(CO)(CO)Cc1nccs1. The zero-order valence-electron chi connectivity index (χ0n) is 7.03. The minimum Gasteiger partial charge on any atom is -0.396 e. The van der Waals surface area contributed by atoms with Gasteiger partial charge in [0.25, 0.3) is 0 Å². The van der Waals surface area contributed by atoms with Crippen LogP contribution in [0, 0.1) is 5.41 Å². The maximum Gasteiger partial charge on any atom is 0.0931 e. The van der Waals surface area contributed by atoms with Gasteiger partial charge in [0, 0.05) is 23.4 Å². The third-order valence-corrected chi connectivity index (χ3v) is 2.60. The third kappa shape index (κ3) is 2.27. The molecule has 0 saturated heterocycles. The van der Waals surface area contributed by atoms with Crippen molar-refractivity contribution in [2.45, 2.75) is 13.3 Å². The van der Waals surface area contributed by atoms with Crippen molar-refractivity contribution in [1.29, 1.82) is 0 Å². The van der Waals surface area contributed by atoms with Gasteiger partial charge in [-0.25, -0.2) is 4.98 Å². The van der Waals surface area contributed by atoms with Crippen molar-refractivity contribution in [3.8, 4) is 0 Å². The molecule has 3 nitrogen and oxygen atoms in total. The molecule has 0 spiro atoms. The Morgan fingerprint density at radius 1 is 1.50 bits per heavy atom. The van der Waals surface area contributed by atoms with Crippen LogP contribution in [0.15, 0.2) is 11.6 Å². The van der Waals surface area contributed by atoms with Crippen LogP contribution in [0.2, 0.25) is 0 Å². The van der Waals surface area contributed by atoms with Crippen molar-refractivity contribution in [2.24, 2.45) is 5.41 Å². The lowest BCUT2D eigenvalue weighted by molar-refractivity contribution is 0.0703. The predicted octanol–water partition coefficient (Wildman–Crippen LogP) is 0.677. The maximum absolute atomic E-state index is 9.00. The summed E-state index contributed by atoms with van der Waals surface area (Å²) in [5.41, 5.74) is -0.433.